The SMILES string of the molecule is COc1cc(C(CO)N2CCN(C)CC2C)ccc1O. The number of aliphatic hydroxyl groups is 1. The average Bonchev–Trinajstić information content (AvgIpc) is 2.43. The van der Waals surface area contributed by atoms with E-state index in [2.05, 4.69) is 23.8 Å². The number of piperazine rings is 1. The van der Waals surface area contributed by atoms with Gasteiger partial charge < -0.3 is 19.8 Å². The van der Waals surface area contributed by atoms with Crippen LogP contribution in [-0.4, -0.2) is 66.5 Å². The normalized spacial score (nSPS) is 22.7. The summed E-state index contributed by atoms with van der Waals surface area (Å²) in [6.45, 7) is 5.14. The highest BCUT2D eigenvalue weighted by molar-refractivity contribution is 5.42. The largest absolute Gasteiger partial charge is 0.504 e. The maximum absolute atomic E-state index is 9.79. The molecule has 1 aliphatic heterocycles. The summed E-state index contributed by atoms with van der Waals surface area (Å²) in [6, 6.07) is 5.60. The molecule has 1 aliphatic rings. The van der Waals surface area contributed by atoms with E-state index in [1.165, 1.54) is 7.11 Å². The second-order valence-electron chi connectivity index (χ2n) is 5.48. The fourth-order valence-corrected chi connectivity index (χ4v) is 2.92. The van der Waals surface area contributed by atoms with Crippen LogP contribution >= 0.6 is 0 Å². The fraction of sp³-hybridized carbons (Fsp3) is 0.600. The van der Waals surface area contributed by atoms with E-state index in [0.717, 1.165) is 25.2 Å². The lowest BCUT2D eigenvalue weighted by atomic mass is 10.0. The number of hydrogen-bond acceptors (Lipinski definition) is 5. The predicted molar refractivity (Wildman–Crippen MR) is 78.2 cm³/mol. The van der Waals surface area contributed by atoms with Gasteiger partial charge in [-0.25, -0.2) is 0 Å². The Morgan fingerprint density at radius 1 is 1.40 bits per heavy atom. The van der Waals surface area contributed by atoms with Gasteiger partial charge in [-0.1, -0.05) is 6.07 Å². The van der Waals surface area contributed by atoms with Gasteiger partial charge in [0, 0.05) is 25.7 Å². The van der Waals surface area contributed by atoms with Crippen molar-refractivity contribution in [3.63, 3.8) is 0 Å². The van der Waals surface area contributed by atoms with Crippen molar-refractivity contribution in [3.8, 4) is 11.5 Å². The quantitative estimate of drug-likeness (QED) is 0.864. The van der Waals surface area contributed by atoms with Crippen molar-refractivity contribution < 1.29 is 14.9 Å². The Morgan fingerprint density at radius 3 is 2.75 bits per heavy atom. The maximum Gasteiger partial charge on any atom is 0.160 e. The Hall–Kier alpha value is -1.30. The van der Waals surface area contributed by atoms with E-state index in [9.17, 15) is 10.2 Å². The third-order valence-electron chi connectivity index (χ3n) is 4.04. The third kappa shape index (κ3) is 3.06. The number of aromatic hydroxyl groups is 1. The molecular formula is C15H24N2O3. The fourth-order valence-electron chi connectivity index (χ4n) is 2.92. The minimum absolute atomic E-state index is 0.0575. The first-order valence-electron chi connectivity index (χ1n) is 6.99. The molecule has 0 radical (unpaired) electrons. The number of phenols is 1. The van der Waals surface area contributed by atoms with E-state index in [4.69, 9.17) is 4.74 Å². The molecule has 5 nitrogen and oxygen atoms in total. The van der Waals surface area contributed by atoms with Gasteiger partial charge in [0.25, 0.3) is 0 Å². The molecule has 2 unspecified atom stereocenters. The molecule has 112 valence electrons. The molecule has 0 bridgehead atoms. The minimum atomic E-state index is -0.0619. The van der Waals surface area contributed by atoms with Crippen LogP contribution in [0.3, 0.4) is 0 Å². The second kappa shape index (κ2) is 6.43. The van der Waals surface area contributed by atoms with Gasteiger partial charge in [-0.3, -0.25) is 4.90 Å². The molecule has 1 saturated heterocycles. The van der Waals surface area contributed by atoms with Crippen LogP contribution in [0, 0.1) is 0 Å². The Morgan fingerprint density at radius 2 is 2.15 bits per heavy atom. The molecule has 0 saturated carbocycles. The zero-order valence-electron chi connectivity index (χ0n) is 12.4. The van der Waals surface area contributed by atoms with Crippen molar-refractivity contribution in [2.24, 2.45) is 0 Å². The number of methoxy groups -OCH3 is 1. The van der Waals surface area contributed by atoms with Crippen molar-refractivity contribution in [2.45, 2.75) is 19.0 Å². The number of aliphatic hydroxyl groups excluding tert-OH is 1. The van der Waals surface area contributed by atoms with Gasteiger partial charge in [-0.2, -0.15) is 0 Å². The smallest absolute Gasteiger partial charge is 0.160 e. The van der Waals surface area contributed by atoms with E-state index in [-0.39, 0.29) is 18.4 Å². The molecule has 0 aromatic heterocycles. The van der Waals surface area contributed by atoms with Crippen LogP contribution in [0.4, 0.5) is 0 Å². The predicted octanol–water partition coefficient (Wildman–Crippen LogP) is 1.07. The number of phenolic OH excluding ortho intramolecular Hbond substituents is 1. The van der Waals surface area contributed by atoms with E-state index in [1.807, 2.05) is 6.07 Å². The van der Waals surface area contributed by atoms with E-state index < -0.39 is 0 Å². The van der Waals surface area contributed by atoms with Crippen molar-refractivity contribution in [1.82, 2.24) is 9.80 Å². The van der Waals surface area contributed by atoms with Crippen molar-refractivity contribution in [2.75, 3.05) is 40.4 Å². The Bertz CT molecular complexity index is 453. The standard InChI is InChI=1S/C15H24N2O3/c1-11-9-16(2)6-7-17(11)13(10-18)12-4-5-14(19)15(8-12)20-3/h4-5,8,11,13,18-19H,6-7,9-10H2,1-3H3. The van der Waals surface area contributed by atoms with E-state index in [1.54, 1.807) is 12.1 Å². The molecule has 2 N–H and O–H groups in total. The van der Waals surface area contributed by atoms with Gasteiger partial charge in [0.2, 0.25) is 0 Å². The summed E-state index contributed by atoms with van der Waals surface area (Å²) in [5, 5.41) is 19.5. The summed E-state index contributed by atoms with van der Waals surface area (Å²) in [6.07, 6.45) is 0. The monoisotopic (exact) mass is 280 g/mol. The van der Waals surface area contributed by atoms with Crippen molar-refractivity contribution in [3.05, 3.63) is 23.8 Å². The molecule has 1 aromatic carbocycles. The zero-order valence-corrected chi connectivity index (χ0v) is 12.4. The lowest BCUT2D eigenvalue weighted by Gasteiger charge is -2.42. The first-order valence-corrected chi connectivity index (χ1v) is 6.99. The van der Waals surface area contributed by atoms with Crippen LogP contribution < -0.4 is 4.74 Å². The molecular weight excluding hydrogens is 256 g/mol. The molecule has 5 heteroatoms. The summed E-state index contributed by atoms with van der Waals surface area (Å²) >= 11 is 0. The van der Waals surface area contributed by atoms with Crippen LogP contribution in [0.15, 0.2) is 18.2 Å². The topological polar surface area (TPSA) is 56.2 Å². The van der Waals surface area contributed by atoms with Gasteiger partial charge in [0.05, 0.1) is 19.8 Å². The van der Waals surface area contributed by atoms with Gasteiger partial charge in [-0.15, -0.1) is 0 Å². The van der Waals surface area contributed by atoms with E-state index >= 15 is 0 Å². The highest BCUT2D eigenvalue weighted by Crippen LogP contribution is 2.32. The lowest BCUT2D eigenvalue weighted by molar-refractivity contribution is 0.0340. The van der Waals surface area contributed by atoms with Gasteiger partial charge in [-0.05, 0) is 31.7 Å². The first-order chi connectivity index (χ1) is 9.56. The number of rotatable bonds is 4. The number of likely N-dealkylation sites (N-methyl/N-ethyl adjacent to an activating group) is 1. The first kappa shape index (κ1) is 15.1. The van der Waals surface area contributed by atoms with Gasteiger partial charge in [0.15, 0.2) is 11.5 Å². The molecule has 0 aliphatic carbocycles. The lowest BCUT2D eigenvalue weighted by Crippen LogP contribution is -2.52. The third-order valence-corrected chi connectivity index (χ3v) is 4.04. The summed E-state index contributed by atoms with van der Waals surface area (Å²) in [5.74, 6) is 0.571. The summed E-state index contributed by atoms with van der Waals surface area (Å²) in [7, 11) is 3.65. The molecule has 1 fully saturated rings. The highest BCUT2D eigenvalue weighted by atomic mass is 16.5. The molecule has 2 rings (SSSR count). The Labute approximate surface area is 120 Å². The second-order valence-corrected chi connectivity index (χ2v) is 5.48. The number of benzene rings is 1. The molecule has 0 spiro atoms. The molecule has 0 amide bonds. The van der Waals surface area contributed by atoms with Crippen LogP contribution in [0.2, 0.25) is 0 Å². The summed E-state index contributed by atoms with van der Waals surface area (Å²) < 4.78 is 5.15. The zero-order chi connectivity index (χ0) is 14.7. The van der Waals surface area contributed by atoms with Crippen LogP contribution in [0.1, 0.15) is 18.5 Å². The van der Waals surface area contributed by atoms with Gasteiger partial charge >= 0.3 is 0 Å². The molecule has 1 heterocycles. The Balaban J connectivity index is 2.23. The summed E-state index contributed by atoms with van der Waals surface area (Å²) in [4.78, 5) is 4.61. The minimum Gasteiger partial charge on any atom is -0.504 e. The van der Waals surface area contributed by atoms with Crippen molar-refractivity contribution >= 4 is 0 Å². The van der Waals surface area contributed by atoms with Crippen LogP contribution in [0.5, 0.6) is 11.5 Å². The van der Waals surface area contributed by atoms with Crippen LogP contribution in [-0.2, 0) is 0 Å². The number of ether oxygens (including phenoxy) is 1. The molecule has 20 heavy (non-hydrogen) atoms. The van der Waals surface area contributed by atoms with Crippen LogP contribution in [0.25, 0.3) is 0 Å². The number of nitrogens with zero attached hydrogens (tertiary/aromatic N) is 2. The highest BCUT2D eigenvalue weighted by Gasteiger charge is 2.29. The van der Waals surface area contributed by atoms with Crippen molar-refractivity contribution in [1.29, 1.82) is 0 Å². The summed E-state index contributed by atoms with van der Waals surface area (Å²) in [5.41, 5.74) is 0.971. The number of hydrogen-bond donors (Lipinski definition) is 2. The molecule has 1 aromatic rings. The average molecular weight is 280 g/mol. The Kier molecular flexibility index (Phi) is 4.86. The van der Waals surface area contributed by atoms with E-state index in [0.29, 0.717) is 11.8 Å². The maximum atomic E-state index is 9.79. The molecule has 2 atom stereocenters. The van der Waals surface area contributed by atoms with Gasteiger partial charge in [0.1, 0.15) is 0 Å².